The van der Waals surface area contributed by atoms with Crippen LogP contribution in [-0.2, 0) is 0 Å². The second kappa shape index (κ2) is 7.09. The number of hydrogen-bond acceptors (Lipinski definition) is 3. The second-order valence-corrected chi connectivity index (χ2v) is 6.33. The first-order chi connectivity index (χ1) is 9.61. The standard InChI is InChI=1S/C17H28N2O/c1-13(2)12-19(10-11-20)9-8-15-14(3)18-17-7-5-4-6-16(15)17/h4-7,13-15,18,20H,8-12H2,1-3H3. The molecule has 112 valence electrons. The van der Waals surface area contributed by atoms with Crippen molar-refractivity contribution in [3.05, 3.63) is 29.8 Å². The van der Waals surface area contributed by atoms with Gasteiger partial charge in [-0.3, -0.25) is 0 Å². The van der Waals surface area contributed by atoms with Crippen molar-refractivity contribution < 1.29 is 5.11 Å². The number of rotatable bonds is 7. The third kappa shape index (κ3) is 3.74. The van der Waals surface area contributed by atoms with E-state index in [4.69, 9.17) is 0 Å². The van der Waals surface area contributed by atoms with Gasteiger partial charge in [0.05, 0.1) is 6.61 Å². The Morgan fingerprint density at radius 3 is 2.70 bits per heavy atom. The van der Waals surface area contributed by atoms with Gasteiger partial charge >= 0.3 is 0 Å². The van der Waals surface area contributed by atoms with E-state index in [2.05, 4.69) is 55.3 Å². The van der Waals surface area contributed by atoms with Crippen molar-refractivity contribution in [2.75, 3.05) is 31.6 Å². The zero-order valence-corrected chi connectivity index (χ0v) is 13.0. The summed E-state index contributed by atoms with van der Waals surface area (Å²) < 4.78 is 0. The van der Waals surface area contributed by atoms with Gasteiger partial charge in [0.1, 0.15) is 0 Å². The van der Waals surface area contributed by atoms with E-state index in [0.29, 0.717) is 17.9 Å². The minimum absolute atomic E-state index is 0.252. The maximum Gasteiger partial charge on any atom is 0.0558 e. The average Bonchev–Trinajstić information content (AvgIpc) is 2.71. The van der Waals surface area contributed by atoms with Crippen molar-refractivity contribution in [2.45, 2.75) is 39.2 Å². The van der Waals surface area contributed by atoms with E-state index < -0.39 is 0 Å². The van der Waals surface area contributed by atoms with Crippen molar-refractivity contribution in [3.63, 3.8) is 0 Å². The van der Waals surface area contributed by atoms with E-state index in [9.17, 15) is 5.11 Å². The summed E-state index contributed by atoms with van der Waals surface area (Å²) in [6.07, 6.45) is 1.15. The lowest BCUT2D eigenvalue weighted by atomic mass is 9.92. The predicted octanol–water partition coefficient (Wildman–Crippen LogP) is 2.92. The lowest BCUT2D eigenvalue weighted by molar-refractivity contribution is 0.177. The summed E-state index contributed by atoms with van der Waals surface area (Å²) >= 11 is 0. The van der Waals surface area contributed by atoms with Crippen LogP contribution in [0.2, 0.25) is 0 Å². The molecule has 0 saturated heterocycles. The highest BCUT2D eigenvalue weighted by molar-refractivity contribution is 5.58. The average molecular weight is 276 g/mol. The molecule has 0 radical (unpaired) electrons. The predicted molar refractivity (Wildman–Crippen MR) is 85.2 cm³/mol. The molecule has 1 aromatic carbocycles. The smallest absolute Gasteiger partial charge is 0.0558 e. The van der Waals surface area contributed by atoms with Crippen LogP contribution in [0.25, 0.3) is 0 Å². The number of nitrogens with one attached hydrogen (secondary N) is 1. The topological polar surface area (TPSA) is 35.5 Å². The van der Waals surface area contributed by atoms with E-state index in [0.717, 1.165) is 26.1 Å². The number of fused-ring (bicyclic) bond motifs is 1. The van der Waals surface area contributed by atoms with Gasteiger partial charge in [-0.2, -0.15) is 0 Å². The van der Waals surface area contributed by atoms with Gasteiger partial charge in [0, 0.05) is 30.7 Å². The molecule has 3 heteroatoms. The maximum absolute atomic E-state index is 9.20. The van der Waals surface area contributed by atoms with Gasteiger partial charge in [0.15, 0.2) is 0 Å². The van der Waals surface area contributed by atoms with Crippen molar-refractivity contribution >= 4 is 5.69 Å². The molecule has 2 N–H and O–H groups in total. The summed E-state index contributed by atoms with van der Waals surface area (Å²) in [5.74, 6) is 1.23. The molecule has 2 unspecified atom stereocenters. The van der Waals surface area contributed by atoms with Crippen molar-refractivity contribution in [2.24, 2.45) is 5.92 Å². The SMILES string of the molecule is CC(C)CN(CCO)CCC1c2ccccc2NC1C. The Bertz CT molecular complexity index is 419. The molecular formula is C17H28N2O. The molecule has 0 spiro atoms. The minimum Gasteiger partial charge on any atom is -0.395 e. The van der Waals surface area contributed by atoms with Crippen LogP contribution in [0.15, 0.2) is 24.3 Å². The lowest BCUT2D eigenvalue weighted by Gasteiger charge is -2.26. The van der Waals surface area contributed by atoms with E-state index in [1.54, 1.807) is 0 Å². The van der Waals surface area contributed by atoms with Crippen molar-refractivity contribution in [1.82, 2.24) is 4.90 Å². The Kier molecular flexibility index (Phi) is 5.44. The number of benzene rings is 1. The highest BCUT2D eigenvalue weighted by atomic mass is 16.3. The fourth-order valence-corrected chi connectivity index (χ4v) is 3.25. The van der Waals surface area contributed by atoms with Gasteiger partial charge < -0.3 is 15.3 Å². The molecule has 0 saturated carbocycles. The Morgan fingerprint density at radius 2 is 2.00 bits per heavy atom. The zero-order valence-electron chi connectivity index (χ0n) is 13.0. The lowest BCUT2D eigenvalue weighted by Crippen LogP contribution is -2.33. The normalized spacial score (nSPS) is 21.3. The summed E-state index contributed by atoms with van der Waals surface area (Å²) in [6, 6.07) is 9.14. The van der Waals surface area contributed by atoms with Gasteiger partial charge in [0.25, 0.3) is 0 Å². The Balaban J connectivity index is 1.95. The molecule has 1 aliphatic rings. The van der Waals surface area contributed by atoms with Crippen LogP contribution in [0.3, 0.4) is 0 Å². The van der Waals surface area contributed by atoms with E-state index in [1.165, 1.54) is 11.3 Å². The number of anilines is 1. The summed E-state index contributed by atoms with van der Waals surface area (Å²) in [5, 5.41) is 12.8. The molecule has 0 aliphatic carbocycles. The molecule has 1 aromatic rings. The van der Waals surface area contributed by atoms with Gasteiger partial charge in [0.2, 0.25) is 0 Å². The largest absolute Gasteiger partial charge is 0.395 e. The van der Waals surface area contributed by atoms with Crippen LogP contribution in [0.4, 0.5) is 5.69 Å². The molecule has 20 heavy (non-hydrogen) atoms. The first kappa shape index (κ1) is 15.3. The monoisotopic (exact) mass is 276 g/mol. The molecule has 0 bridgehead atoms. The number of aliphatic hydroxyl groups is 1. The van der Waals surface area contributed by atoms with Crippen LogP contribution in [0, 0.1) is 5.92 Å². The first-order valence-corrected chi connectivity index (χ1v) is 7.80. The summed E-state index contributed by atoms with van der Waals surface area (Å²) in [6.45, 7) is 9.90. The van der Waals surface area contributed by atoms with Gasteiger partial charge in [-0.1, -0.05) is 32.0 Å². The van der Waals surface area contributed by atoms with E-state index in [-0.39, 0.29) is 6.61 Å². The molecule has 1 aliphatic heterocycles. The van der Waals surface area contributed by atoms with Gasteiger partial charge in [-0.05, 0) is 37.4 Å². The number of aliphatic hydroxyl groups excluding tert-OH is 1. The van der Waals surface area contributed by atoms with Crippen LogP contribution in [0.1, 0.15) is 38.7 Å². The maximum atomic E-state index is 9.20. The summed E-state index contributed by atoms with van der Waals surface area (Å²) in [5.41, 5.74) is 2.75. The number of nitrogens with zero attached hydrogens (tertiary/aromatic N) is 1. The van der Waals surface area contributed by atoms with Crippen LogP contribution in [0.5, 0.6) is 0 Å². The molecule has 0 fully saturated rings. The minimum atomic E-state index is 0.252. The molecule has 0 aromatic heterocycles. The summed E-state index contributed by atoms with van der Waals surface area (Å²) in [4.78, 5) is 2.39. The Labute approximate surface area is 123 Å². The van der Waals surface area contributed by atoms with E-state index in [1.807, 2.05) is 0 Å². The Morgan fingerprint density at radius 1 is 1.25 bits per heavy atom. The summed E-state index contributed by atoms with van der Waals surface area (Å²) in [7, 11) is 0. The van der Waals surface area contributed by atoms with Gasteiger partial charge in [-0.25, -0.2) is 0 Å². The van der Waals surface area contributed by atoms with Gasteiger partial charge in [-0.15, -0.1) is 0 Å². The molecule has 3 nitrogen and oxygen atoms in total. The zero-order chi connectivity index (χ0) is 14.5. The number of para-hydroxylation sites is 1. The van der Waals surface area contributed by atoms with Crippen LogP contribution in [-0.4, -0.2) is 42.3 Å². The van der Waals surface area contributed by atoms with Crippen molar-refractivity contribution in [1.29, 1.82) is 0 Å². The quantitative estimate of drug-likeness (QED) is 0.804. The highest BCUT2D eigenvalue weighted by Crippen LogP contribution is 2.37. The molecule has 2 rings (SSSR count). The fourth-order valence-electron chi connectivity index (χ4n) is 3.25. The fraction of sp³-hybridized carbons (Fsp3) is 0.647. The molecule has 0 amide bonds. The molecular weight excluding hydrogens is 248 g/mol. The Hall–Kier alpha value is -1.06. The number of hydrogen-bond donors (Lipinski definition) is 2. The highest BCUT2D eigenvalue weighted by Gasteiger charge is 2.28. The first-order valence-electron chi connectivity index (χ1n) is 7.80. The second-order valence-electron chi connectivity index (χ2n) is 6.33. The van der Waals surface area contributed by atoms with Crippen LogP contribution >= 0.6 is 0 Å². The molecule has 2 atom stereocenters. The third-order valence-corrected chi connectivity index (χ3v) is 4.14. The molecule has 1 heterocycles. The van der Waals surface area contributed by atoms with E-state index >= 15 is 0 Å². The third-order valence-electron chi connectivity index (χ3n) is 4.14. The van der Waals surface area contributed by atoms with Crippen molar-refractivity contribution in [3.8, 4) is 0 Å². The van der Waals surface area contributed by atoms with Crippen LogP contribution < -0.4 is 5.32 Å².